The topological polar surface area (TPSA) is 71.3 Å². The van der Waals surface area contributed by atoms with Gasteiger partial charge in [0.2, 0.25) is 0 Å². The van der Waals surface area contributed by atoms with E-state index in [1.165, 1.54) is 6.08 Å². The van der Waals surface area contributed by atoms with Crippen LogP contribution in [-0.4, -0.2) is 18.6 Å². The number of halogens is 5. The highest BCUT2D eigenvalue weighted by molar-refractivity contribution is 9.10. The Morgan fingerprint density at radius 2 is 1.97 bits per heavy atom. The van der Waals surface area contributed by atoms with Gasteiger partial charge >= 0.3 is 6.18 Å². The van der Waals surface area contributed by atoms with Gasteiger partial charge in [0.05, 0.1) is 29.0 Å². The van der Waals surface area contributed by atoms with Crippen molar-refractivity contribution in [1.82, 2.24) is 0 Å². The Hall–Kier alpha value is -2.70. The summed E-state index contributed by atoms with van der Waals surface area (Å²) < 4.78 is 50.7. The van der Waals surface area contributed by atoms with Crippen LogP contribution in [0, 0.1) is 11.3 Å². The molecule has 0 fully saturated rings. The molecule has 2 aromatic rings. The second-order valence-electron chi connectivity index (χ2n) is 6.74. The van der Waals surface area contributed by atoms with Gasteiger partial charge in [0.25, 0.3) is 5.91 Å². The molecule has 0 bridgehead atoms. The van der Waals surface area contributed by atoms with E-state index in [1.807, 2.05) is 13.8 Å². The molecule has 0 aliphatic rings. The van der Waals surface area contributed by atoms with Crippen LogP contribution < -0.4 is 14.8 Å². The first-order chi connectivity index (χ1) is 15.0. The zero-order valence-electron chi connectivity index (χ0n) is 17.3. The fourth-order valence-corrected chi connectivity index (χ4v) is 3.17. The zero-order valence-corrected chi connectivity index (χ0v) is 19.7. The molecule has 5 nitrogen and oxygen atoms in total. The minimum atomic E-state index is -4.61. The van der Waals surface area contributed by atoms with E-state index in [9.17, 15) is 23.2 Å². The number of hydrogen-bond donors (Lipinski definition) is 1. The standard InChI is InChI=1S/C22H19BrClF3N2O3/c1-4-31-19-8-13(16(23)10-20(19)32-12(2)3)7-14(11-28)21(30)29-18-9-15(22(25,26)27)5-6-17(18)24/h5-10,12H,4H2,1-3H3,(H,29,30)/b14-7+. The molecule has 0 aromatic heterocycles. The predicted octanol–water partition coefficient (Wildman–Crippen LogP) is 6.85. The molecule has 0 atom stereocenters. The van der Waals surface area contributed by atoms with E-state index in [4.69, 9.17) is 21.1 Å². The van der Waals surface area contributed by atoms with Gasteiger partial charge in [-0.2, -0.15) is 18.4 Å². The maximum Gasteiger partial charge on any atom is 0.416 e. The highest BCUT2D eigenvalue weighted by atomic mass is 79.9. The van der Waals surface area contributed by atoms with Crippen molar-refractivity contribution in [3.8, 4) is 17.6 Å². The minimum Gasteiger partial charge on any atom is -0.490 e. The van der Waals surface area contributed by atoms with Crippen molar-refractivity contribution in [2.75, 3.05) is 11.9 Å². The third kappa shape index (κ3) is 6.65. The van der Waals surface area contributed by atoms with Gasteiger partial charge in [-0.15, -0.1) is 0 Å². The molecule has 10 heteroatoms. The summed E-state index contributed by atoms with van der Waals surface area (Å²) in [7, 11) is 0. The summed E-state index contributed by atoms with van der Waals surface area (Å²) >= 11 is 9.29. The van der Waals surface area contributed by atoms with Crippen LogP contribution in [0.3, 0.4) is 0 Å². The van der Waals surface area contributed by atoms with Gasteiger partial charge in [0.1, 0.15) is 11.6 Å². The lowest BCUT2D eigenvalue weighted by atomic mass is 10.1. The van der Waals surface area contributed by atoms with Crippen molar-refractivity contribution in [1.29, 1.82) is 5.26 Å². The summed E-state index contributed by atoms with van der Waals surface area (Å²) in [6, 6.07) is 7.51. The molecule has 0 spiro atoms. The number of anilines is 1. The summed E-state index contributed by atoms with van der Waals surface area (Å²) in [5, 5.41) is 11.6. The quantitative estimate of drug-likeness (QED) is 0.313. The highest BCUT2D eigenvalue weighted by Gasteiger charge is 2.31. The van der Waals surface area contributed by atoms with E-state index in [2.05, 4.69) is 21.2 Å². The molecule has 0 saturated carbocycles. The van der Waals surface area contributed by atoms with Crippen molar-refractivity contribution in [2.24, 2.45) is 0 Å². The average molecular weight is 532 g/mol. The van der Waals surface area contributed by atoms with Gasteiger partial charge in [-0.05, 0) is 62.7 Å². The molecule has 0 heterocycles. The molecular weight excluding hydrogens is 513 g/mol. The molecule has 1 N–H and O–H groups in total. The SMILES string of the molecule is CCOc1cc(/C=C(\C#N)C(=O)Nc2cc(C(F)(F)F)ccc2Cl)c(Br)cc1OC(C)C. The van der Waals surface area contributed by atoms with E-state index < -0.39 is 17.6 Å². The van der Waals surface area contributed by atoms with Crippen LogP contribution >= 0.6 is 27.5 Å². The number of rotatable bonds is 7. The van der Waals surface area contributed by atoms with Crippen molar-refractivity contribution >= 4 is 45.2 Å². The second-order valence-corrected chi connectivity index (χ2v) is 8.00. The Morgan fingerprint density at radius 1 is 1.28 bits per heavy atom. The van der Waals surface area contributed by atoms with Crippen LogP contribution in [0.1, 0.15) is 31.9 Å². The Morgan fingerprint density at radius 3 is 2.53 bits per heavy atom. The molecule has 0 unspecified atom stereocenters. The second kappa shape index (κ2) is 10.7. The lowest BCUT2D eigenvalue weighted by Gasteiger charge is -2.16. The first kappa shape index (κ1) is 25.6. The molecule has 32 heavy (non-hydrogen) atoms. The zero-order chi connectivity index (χ0) is 24.1. The van der Waals surface area contributed by atoms with Gasteiger partial charge < -0.3 is 14.8 Å². The minimum absolute atomic E-state index is 0.0985. The van der Waals surface area contributed by atoms with Gasteiger partial charge in [0, 0.05) is 4.47 Å². The Labute approximate surface area is 196 Å². The Bertz CT molecular complexity index is 1080. The highest BCUT2D eigenvalue weighted by Crippen LogP contribution is 2.36. The number of benzene rings is 2. The van der Waals surface area contributed by atoms with Crippen molar-refractivity contribution in [3.63, 3.8) is 0 Å². The van der Waals surface area contributed by atoms with Gasteiger partial charge in [-0.1, -0.05) is 27.5 Å². The van der Waals surface area contributed by atoms with E-state index in [0.717, 1.165) is 12.1 Å². The maximum absolute atomic E-state index is 13.0. The number of nitriles is 1. The molecule has 2 aromatic carbocycles. The van der Waals surface area contributed by atoms with Gasteiger partial charge in [0.15, 0.2) is 11.5 Å². The maximum atomic E-state index is 13.0. The van der Waals surface area contributed by atoms with Gasteiger partial charge in [-0.25, -0.2) is 0 Å². The van der Waals surface area contributed by atoms with Crippen LogP contribution in [0.2, 0.25) is 5.02 Å². The lowest BCUT2D eigenvalue weighted by Crippen LogP contribution is -2.15. The summed E-state index contributed by atoms with van der Waals surface area (Å²) in [5.41, 5.74) is -1.16. The Kier molecular flexibility index (Phi) is 8.58. The number of hydrogen-bond acceptors (Lipinski definition) is 4. The summed E-state index contributed by atoms with van der Waals surface area (Å²) in [6.07, 6.45) is -3.44. The third-order valence-electron chi connectivity index (χ3n) is 3.93. The van der Waals surface area contributed by atoms with Crippen molar-refractivity contribution in [2.45, 2.75) is 33.1 Å². The fraction of sp³-hybridized carbons (Fsp3) is 0.273. The molecule has 1 amide bonds. The number of ether oxygens (including phenoxy) is 2. The van der Waals surface area contributed by atoms with Crippen molar-refractivity contribution in [3.05, 3.63) is 56.5 Å². The fourth-order valence-electron chi connectivity index (χ4n) is 2.57. The predicted molar refractivity (Wildman–Crippen MR) is 120 cm³/mol. The molecule has 0 radical (unpaired) electrons. The number of nitrogens with zero attached hydrogens (tertiary/aromatic N) is 1. The number of nitrogens with one attached hydrogen (secondary N) is 1. The summed E-state index contributed by atoms with van der Waals surface area (Å²) in [6.45, 7) is 5.87. The number of alkyl halides is 3. The summed E-state index contributed by atoms with van der Waals surface area (Å²) in [4.78, 5) is 12.6. The molecule has 170 valence electrons. The number of carbonyl (C=O) groups excluding carboxylic acids is 1. The van der Waals surface area contributed by atoms with Crippen LogP contribution in [0.4, 0.5) is 18.9 Å². The molecular formula is C22H19BrClF3N2O3. The number of amides is 1. The first-order valence-corrected chi connectivity index (χ1v) is 10.6. The van der Waals surface area contributed by atoms with E-state index in [-0.39, 0.29) is 22.4 Å². The Balaban J connectivity index is 2.40. The van der Waals surface area contributed by atoms with Crippen LogP contribution in [0.25, 0.3) is 6.08 Å². The monoisotopic (exact) mass is 530 g/mol. The van der Waals surface area contributed by atoms with Crippen LogP contribution in [0.5, 0.6) is 11.5 Å². The first-order valence-electron chi connectivity index (χ1n) is 9.39. The third-order valence-corrected chi connectivity index (χ3v) is 4.95. The van der Waals surface area contributed by atoms with Gasteiger partial charge in [-0.3, -0.25) is 4.79 Å². The van der Waals surface area contributed by atoms with E-state index in [0.29, 0.717) is 34.2 Å². The molecule has 2 rings (SSSR count). The molecule has 0 aliphatic carbocycles. The summed E-state index contributed by atoms with van der Waals surface area (Å²) in [5.74, 6) is -0.0278. The van der Waals surface area contributed by atoms with E-state index in [1.54, 1.807) is 25.1 Å². The van der Waals surface area contributed by atoms with Crippen LogP contribution in [0.15, 0.2) is 40.4 Å². The molecule has 0 saturated heterocycles. The normalized spacial score (nSPS) is 11.8. The number of carbonyl (C=O) groups is 1. The van der Waals surface area contributed by atoms with Crippen molar-refractivity contribution < 1.29 is 27.4 Å². The van der Waals surface area contributed by atoms with E-state index >= 15 is 0 Å². The lowest BCUT2D eigenvalue weighted by molar-refractivity contribution is -0.137. The molecule has 0 aliphatic heterocycles. The van der Waals surface area contributed by atoms with Crippen LogP contribution in [-0.2, 0) is 11.0 Å². The largest absolute Gasteiger partial charge is 0.490 e. The average Bonchev–Trinajstić information content (AvgIpc) is 2.69. The smallest absolute Gasteiger partial charge is 0.416 e.